The number of hydrogen-bond donors (Lipinski definition) is 1. The van der Waals surface area contributed by atoms with E-state index < -0.39 is 0 Å². The summed E-state index contributed by atoms with van der Waals surface area (Å²) in [5.41, 5.74) is 0.932. The van der Waals surface area contributed by atoms with Gasteiger partial charge in [0.2, 0.25) is 0 Å². The fourth-order valence-corrected chi connectivity index (χ4v) is 4.03. The fraction of sp³-hybridized carbons (Fsp3) is 1.00. The summed E-state index contributed by atoms with van der Waals surface area (Å²) in [5, 5.41) is 3.87. The molecule has 2 nitrogen and oxygen atoms in total. The van der Waals surface area contributed by atoms with Crippen LogP contribution in [-0.2, 0) is 0 Å². The van der Waals surface area contributed by atoms with E-state index in [0.29, 0.717) is 11.1 Å². The van der Waals surface area contributed by atoms with Gasteiger partial charge in [0.15, 0.2) is 0 Å². The van der Waals surface area contributed by atoms with Gasteiger partial charge in [-0.3, -0.25) is 4.90 Å². The molecule has 0 amide bonds. The Morgan fingerprint density at radius 2 is 1.72 bits per heavy atom. The second-order valence-electron chi connectivity index (χ2n) is 6.49. The first-order chi connectivity index (χ1) is 8.65. The standard InChI is InChI=1S/C16H32N2/c1-5-14-12-17-15(6-2,7-3)13-18(14)16(8-4)10-9-11-16/h14,17H,5-13H2,1-4H3. The Hall–Kier alpha value is -0.0800. The Kier molecular flexibility index (Phi) is 4.38. The number of piperazine rings is 1. The van der Waals surface area contributed by atoms with E-state index >= 15 is 0 Å². The SMILES string of the molecule is CCC1CNC(CC)(CC)CN1C1(CC)CCC1. The van der Waals surface area contributed by atoms with Gasteiger partial charge in [-0.05, 0) is 44.9 Å². The van der Waals surface area contributed by atoms with Crippen molar-refractivity contribution < 1.29 is 0 Å². The zero-order chi connectivity index (χ0) is 13.2. The minimum absolute atomic E-state index is 0.378. The molecule has 18 heavy (non-hydrogen) atoms. The lowest BCUT2D eigenvalue weighted by atomic mass is 9.71. The van der Waals surface area contributed by atoms with E-state index in [1.807, 2.05) is 0 Å². The van der Waals surface area contributed by atoms with Gasteiger partial charge in [0.05, 0.1) is 0 Å². The van der Waals surface area contributed by atoms with Crippen LogP contribution >= 0.6 is 0 Å². The summed E-state index contributed by atoms with van der Waals surface area (Å²) in [6.45, 7) is 11.9. The molecule has 2 aliphatic rings. The molecule has 1 N–H and O–H groups in total. The molecule has 2 rings (SSSR count). The van der Waals surface area contributed by atoms with Crippen LogP contribution in [0.25, 0.3) is 0 Å². The molecular weight excluding hydrogens is 220 g/mol. The predicted octanol–water partition coefficient (Wildman–Crippen LogP) is 3.56. The first-order valence-corrected chi connectivity index (χ1v) is 8.17. The van der Waals surface area contributed by atoms with Gasteiger partial charge in [-0.2, -0.15) is 0 Å². The van der Waals surface area contributed by atoms with Crippen molar-refractivity contribution in [3.63, 3.8) is 0 Å². The maximum Gasteiger partial charge on any atom is 0.0304 e. The lowest BCUT2D eigenvalue weighted by molar-refractivity contribution is -0.0647. The molecule has 1 saturated carbocycles. The third-order valence-corrected chi connectivity index (χ3v) is 6.00. The van der Waals surface area contributed by atoms with E-state index in [0.717, 1.165) is 6.04 Å². The molecular formula is C16H32N2. The second kappa shape index (κ2) is 5.50. The summed E-state index contributed by atoms with van der Waals surface area (Å²) in [6, 6.07) is 0.761. The Morgan fingerprint density at radius 3 is 2.11 bits per heavy atom. The Labute approximate surface area is 114 Å². The van der Waals surface area contributed by atoms with Crippen molar-refractivity contribution in [1.29, 1.82) is 0 Å². The van der Waals surface area contributed by atoms with Crippen molar-refractivity contribution in [3.8, 4) is 0 Å². The van der Waals surface area contributed by atoms with Crippen LogP contribution in [0, 0.1) is 0 Å². The fourth-order valence-electron chi connectivity index (χ4n) is 4.03. The van der Waals surface area contributed by atoms with E-state index in [-0.39, 0.29) is 0 Å². The third-order valence-electron chi connectivity index (χ3n) is 6.00. The summed E-state index contributed by atoms with van der Waals surface area (Å²) < 4.78 is 0. The zero-order valence-electron chi connectivity index (χ0n) is 12.9. The monoisotopic (exact) mass is 252 g/mol. The second-order valence-corrected chi connectivity index (χ2v) is 6.49. The van der Waals surface area contributed by atoms with Gasteiger partial charge in [-0.15, -0.1) is 0 Å². The summed E-state index contributed by atoms with van der Waals surface area (Å²) in [7, 11) is 0. The number of hydrogen-bond acceptors (Lipinski definition) is 2. The number of nitrogens with one attached hydrogen (secondary N) is 1. The molecule has 1 saturated heterocycles. The molecule has 1 unspecified atom stereocenters. The normalized spacial score (nSPS) is 31.0. The third kappa shape index (κ3) is 2.22. The van der Waals surface area contributed by atoms with E-state index in [9.17, 15) is 0 Å². The molecule has 0 aromatic carbocycles. The van der Waals surface area contributed by atoms with Crippen molar-refractivity contribution in [2.24, 2.45) is 0 Å². The quantitative estimate of drug-likeness (QED) is 0.805. The molecule has 0 bridgehead atoms. The molecule has 1 heterocycles. The summed E-state index contributed by atoms with van der Waals surface area (Å²) in [6.07, 6.45) is 9.46. The van der Waals surface area contributed by atoms with Crippen molar-refractivity contribution in [2.45, 2.75) is 89.8 Å². The number of nitrogens with zero attached hydrogens (tertiary/aromatic N) is 1. The lowest BCUT2D eigenvalue weighted by Gasteiger charge is -2.59. The van der Waals surface area contributed by atoms with E-state index in [1.54, 1.807) is 0 Å². The summed E-state index contributed by atoms with van der Waals surface area (Å²) in [4.78, 5) is 2.90. The van der Waals surface area contributed by atoms with Gasteiger partial charge in [-0.1, -0.05) is 27.7 Å². The maximum absolute atomic E-state index is 3.87. The average Bonchev–Trinajstić information content (AvgIpc) is 2.38. The average molecular weight is 252 g/mol. The van der Waals surface area contributed by atoms with Gasteiger partial charge in [0, 0.05) is 30.2 Å². The van der Waals surface area contributed by atoms with Crippen LogP contribution in [-0.4, -0.2) is 35.1 Å². The van der Waals surface area contributed by atoms with Crippen LogP contribution in [0.15, 0.2) is 0 Å². The van der Waals surface area contributed by atoms with Crippen LogP contribution < -0.4 is 5.32 Å². The van der Waals surface area contributed by atoms with Crippen LogP contribution in [0.5, 0.6) is 0 Å². The van der Waals surface area contributed by atoms with E-state index in [4.69, 9.17) is 0 Å². The first kappa shape index (κ1) is 14.3. The molecule has 1 aliphatic carbocycles. The highest BCUT2D eigenvalue weighted by atomic mass is 15.3. The minimum atomic E-state index is 0.378. The molecule has 2 heteroatoms. The zero-order valence-corrected chi connectivity index (χ0v) is 12.9. The van der Waals surface area contributed by atoms with Gasteiger partial charge in [-0.25, -0.2) is 0 Å². The van der Waals surface area contributed by atoms with E-state index in [2.05, 4.69) is 37.9 Å². The Bertz CT molecular complexity index is 261. The molecule has 0 spiro atoms. The molecule has 0 radical (unpaired) electrons. The van der Waals surface area contributed by atoms with Crippen LogP contribution in [0.4, 0.5) is 0 Å². The van der Waals surface area contributed by atoms with Gasteiger partial charge >= 0.3 is 0 Å². The van der Waals surface area contributed by atoms with Gasteiger partial charge in [0.25, 0.3) is 0 Å². The molecule has 0 aromatic rings. The van der Waals surface area contributed by atoms with Gasteiger partial charge in [0.1, 0.15) is 0 Å². The smallest absolute Gasteiger partial charge is 0.0304 e. The molecule has 1 aliphatic heterocycles. The molecule has 1 atom stereocenters. The van der Waals surface area contributed by atoms with Crippen LogP contribution in [0.3, 0.4) is 0 Å². The predicted molar refractivity (Wildman–Crippen MR) is 79.0 cm³/mol. The maximum atomic E-state index is 3.87. The summed E-state index contributed by atoms with van der Waals surface area (Å²) in [5.74, 6) is 0. The number of rotatable bonds is 5. The Balaban J connectivity index is 2.17. The van der Waals surface area contributed by atoms with Crippen molar-refractivity contribution in [3.05, 3.63) is 0 Å². The Morgan fingerprint density at radius 1 is 1.06 bits per heavy atom. The van der Waals surface area contributed by atoms with Crippen molar-refractivity contribution in [2.75, 3.05) is 13.1 Å². The van der Waals surface area contributed by atoms with Crippen molar-refractivity contribution in [1.82, 2.24) is 10.2 Å². The molecule has 0 aromatic heterocycles. The van der Waals surface area contributed by atoms with Crippen molar-refractivity contribution >= 4 is 0 Å². The highest BCUT2D eigenvalue weighted by molar-refractivity contribution is 5.06. The molecule has 106 valence electrons. The highest BCUT2D eigenvalue weighted by Gasteiger charge is 2.48. The van der Waals surface area contributed by atoms with Crippen LogP contribution in [0.2, 0.25) is 0 Å². The lowest BCUT2D eigenvalue weighted by Crippen LogP contribution is -2.70. The molecule has 2 fully saturated rings. The minimum Gasteiger partial charge on any atom is -0.308 e. The first-order valence-electron chi connectivity index (χ1n) is 8.17. The topological polar surface area (TPSA) is 15.3 Å². The largest absolute Gasteiger partial charge is 0.308 e. The van der Waals surface area contributed by atoms with Gasteiger partial charge < -0.3 is 5.32 Å². The van der Waals surface area contributed by atoms with Crippen LogP contribution in [0.1, 0.15) is 72.6 Å². The van der Waals surface area contributed by atoms with E-state index in [1.165, 1.54) is 58.0 Å². The highest BCUT2D eigenvalue weighted by Crippen LogP contribution is 2.44. The summed E-state index contributed by atoms with van der Waals surface area (Å²) >= 11 is 0.